The number of anilines is 1. The molecule has 0 unspecified atom stereocenters. The van der Waals surface area contributed by atoms with Gasteiger partial charge in [0, 0.05) is 29.9 Å². The lowest BCUT2D eigenvalue weighted by Gasteiger charge is -2.20. The van der Waals surface area contributed by atoms with E-state index in [1.165, 1.54) is 21.7 Å². The van der Waals surface area contributed by atoms with E-state index in [9.17, 15) is 13.2 Å². The van der Waals surface area contributed by atoms with E-state index in [4.69, 9.17) is 0 Å². The molecule has 1 N–H and O–H groups in total. The van der Waals surface area contributed by atoms with Crippen molar-refractivity contribution in [3.05, 3.63) is 45.7 Å². The Morgan fingerprint density at radius 2 is 1.77 bits per heavy atom. The van der Waals surface area contributed by atoms with E-state index in [1.807, 2.05) is 20.8 Å². The van der Waals surface area contributed by atoms with Crippen LogP contribution in [0.2, 0.25) is 0 Å². The fourth-order valence-corrected chi connectivity index (χ4v) is 6.42. The van der Waals surface area contributed by atoms with Crippen LogP contribution >= 0.6 is 11.3 Å². The number of carbonyl (C=O) groups excluding carboxylic acids is 1. The molecule has 0 saturated heterocycles. The molecule has 3 rings (SSSR count). The first kappa shape index (κ1) is 22.3. The summed E-state index contributed by atoms with van der Waals surface area (Å²) in [7, 11) is -3.63. The largest absolute Gasteiger partial charge is 0.321 e. The van der Waals surface area contributed by atoms with Gasteiger partial charge in [-0.1, -0.05) is 19.9 Å². The van der Waals surface area contributed by atoms with Crippen LogP contribution in [0.25, 0.3) is 10.2 Å². The van der Waals surface area contributed by atoms with Crippen LogP contribution < -0.4 is 5.32 Å². The predicted molar refractivity (Wildman–Crippen MR) is 121 cm³/mol. The van der Waals surface area contributed by atoms with Crippen molar-refractivity contribution in [3.8, 4) is 0 Å². The van der Waals surface area contributed by atoms with E-state index >= 15 is 0 Å². The van der Waals surface area contributed by atoms with E-state index < -0.39 is 10.0 Å². The van der Waals surface area contributed by atoms with Crippen molar-refractivity contribution in [1.82, 2.24) is 14.3 Å². The van der Waals surface area contributed by atoms with E-state index in [0.29, 0.717) is 35.0 Å². The highest BCUT2D eigenvalue weighted by molar-refractivity contribution is 7.89. The summed E-state index contributed by atoms with van der Waals surface area (Å²) in [6.07, 6.45) is 0. The van der Waals surface area contributed by atoms with Crippen molar-refractivity contribution < 1.29 is 13.2 Å². The Bertz CT molecular complexity index is 1230. The topological polar surface area (TPSA) is 92.3 Å². The van der Waals surface area contributed by atoms with Gasteiger partial charge in [0.05, 0.1) is 9.77 Å². The van der Waals surface area contributed by atoms with Gasteiger partial charge in [-0.3, -0.25) is 4.79 Å². The molecule has 2 aromatic heterocycles. The maximum Gasteiger partial charge on any atom is 0.266 e. The molecule has 0 fully saturated rings. The number of carbonyl (C=O) groups is 1. The second-order valence-corrected chi connectivity index (χ2v) is 10.0. The normalized spacial score (nSPS) is 12.0. The highest BCUT2D eigenvalue weighted by Crippen LogP contribution is 2.32. The second kappa shape index (κ2) is 8.41. The minimum Gasteiger partial charge on any atom is -0.321 e. The Morgan fingerprint density at radius 1 is 1.10 bits per heavy atom. The Labute approximate surface area is 181 Å². The van der Waals surface area contributed by atoms with Crippen LogP contribution in [0, 0.1) is 27.7 Å². The van der Waals surface area contributed by atoms with Gasteiger partial charge in [-0.2, -0.15) is 4.31 Å². The van der Waals surface area contributed by atoms with Crippen molar-refractivity contribution in [2.75, 3.05) is 18.4 Å². The smallest absolute Gasteiger partial charge is 0.266 e. The minimum absolute atomic E-state index is 0.203. The molecule has 7 nitrogen and oxygen atoms in total. The van der Waals surface area contributed by atoms with Gasteiger partial charge in [-0.05, 0) is 51.0 Å². The van der Waals surface area contributed by atoms with Gasteiger partial charge >= 0.3 is 0 Å². The number of amides is 1. The van der Waals surface area contributed by atoms with Crippen LogP contribution in [0.1, 0.15) is 46.2 Å². The molecule has 160 valence electrons. The highest BCUT2D eigenvalue weighted by atomic mass is 32.2. The maximum atomic E-state index is 13.0. The number of sulfonamides is 1. The first-order valence-corrected chi connectivity index (χ1v) is 12.0. The van der Waals surface area contributed by atoms with Gasteiger partial charge < -0.3 is 5.32 Å². The third-order valence-electron chi connectivity index (χ3n) is 5.06. The molecule has 0 aliphatic heterocycles. The Balaban J connectivity index is 1.98. The lowest BCUT2D eigenvalue weighted by atomic mass is 10.1. The number of hydrogen-bond donors (Lipinski definition) is 1. The number of aromatic nitrogens is 2. The molecule has 2 heterocycles. The van der Waals surface area contributed by atoms with E-state index in [2.05, 4.69) is 15.3 Å². The minimum atomic E-state index is -3.63. The monoisotopic (exact) mass is 446 g/mol. The number of nitrogens with zero attached hydrogens (tertiary/aromatic N) is 3. The van der Waals surface area contributed by atoms with E-state index in [0.717, 1.165) is 21.5 Å². The first-order chi connectivity index (χ1) is 14.1. The maximum absolute atomic E-state index is 13.0. The Kier molecular flexibility index (Phi) is 6.26. The van der Waals surface area contributed by atoms with Crippen LogP contribution in [0.3, 0.4) is 0 Å². The molecule has 1 aromatic carbocycles. The summed E-state index contributed by atoms with van der Waals surface area (Å²) in [5.41, 5.74) is 2.74. The zero-order valence-electron chi connectivity index (χ0n) is 18.0. The van der Waals surface area contributed by atoms with Crippen LogP contribution in [-0.2, 0) is 10.0 Å². The van der Waals surface area contributed by atoms with Crippen LogP contribution in [-0.4, -0.2) is 41.7 Å². The number of aryl methyl sites for hydroxylation is 4. The fourth-order valence-electron chi connectivity index (χ4n) is 3.54. The molecule has 0 radical (unpaired) electrons. The summed E-state index contributed by atoms with van der Waals surface area (Å²) in [5, 5.41) is 3.74. The summed E-state index contributed by atoms with van der Waals surface area (Å²) in [5.74, 6) is 0.376. The molecule has 0 aliphatic carbocycles. The molecule has 0 spiro atoms. The lowest BCUT2D eigenvalue weighted by molar-refractivity contribution is 0.103. The molecule has 30 heavy (non-hydrogen) atoms. The fraction of sp³-hybridized carbons (Fsp3) is 0.381. The number of thiophene rings is 1. The molecule has 0 bridgehead atoms. The van der Waals surface area contributed by atoms with Gasteiger partial charge in [-0.15, -0.1) is 11.3 Å². The van der Waals surface area contributed by atoms with Gasteiger partial charge in [-0.25, -0.2) is 18.4 Å². The predicted octanol–water partition coefficient (Wildman–Crippen LogP) is 4.21. The lowest BCUT2D eigenvalue weighted by Crippen LogP contribution is -2.31. The first-order valence-electron chi connectivity index (χ1n) is 9.76. The average Bonchev–Trinajstić information content (AvgIpc) is 3.00. The van der Waals surface area contributed by atoms with Gasteiger partial charge in [0.1, 0.15) is 10.7 Å². The summed E-state index contributed by atoms with van der Waals surface area (Å²) in [4.78, 5) is 23.3. The van der Waals surface area contributed by atoms with Crippen molar-refractivity contribution in [3.63, 3.8) is 0 Å². The highest BCUT2D eigenvalue weighted by Gasteiger charge is 2.25. The van der Waals surface area contributed by atoms with Gasteiger partial charge in [0.15, 0.2) is 0 Å². The molecule has 0 aliphatic rings. The summed E-state index contributed by atoms with van der Waals surface area (Å²) in [6.45, 7) is 11.7. The molecule has 3 aromatic rings. The van der Waals surface area contributed by atoms with E-state index in [1.54, 1.807) is 32.9 Å². The van der Waals surface area contributed by atoms with Crippen molar-refractivity contribution in [1.29, 1.82) is 0 Å². The molecule has 0 atom stereocenters. The average molecular weight is 447 g/mol. The Hall–Kier alpha value is -2.36. The van der Waals surface area contributed by atoms with E-state index in [-0.39, 0.29) is 10.8 Å². The standard InChI is InChI=1S/C21H26N4O3S2/c1-7-25(8-2)30(27,28)17-11-16(10-9-12(17)3)24-20(26)19-13(4)18-14(5)22-15(6)23-21(18)29-19/h9-11H,7-8H2,1-6H3,(H,24,26). The molecule has 0 saturated carbocycles. The number of rotatable bonds is 6. The zero-order valence-corrected chi connectivity index (χ0v) is 19.7. The van der Waals surface area contributed by atoms with Crippen molar-refractivity contribution in [2.24, 2.45) is 0 Å². The quantitative estimate of drug-likeness (QED) is 0.612. The molecule has 1 amide bonds. The van der Waals surface area contributed by atoms with Crippen molar-refractivity contribution in [2.45, 2.75) is 46.4 Å². The number of nitrogens with one attached hydrogen (secondary N) is 1. The zero-order chi connectivity index (χ0) is 22.2. The molecule has 9 heteroatoms. The number of fused-ring (bicyclic) bond motifs is 1. The third-order valence-corrected chi connectivity index (χ3v) is 8.43. The molecular formula is C21H26N4O3S2. The Morgan fingerprint density at radius 3 is 2.40 bits per heavy atom. The number of hydrogen-bond acceptors (Lipinski definition) is 6. The third kappa shape index (κ3) is 3.97. The number of benzene rings is 1. The van der Waals surface area contributed by atoms with Gasteiger partial charge in [0.25, 0.3) is 5.91 Å². The second-order valence-electron chi connectivity index (χ2n) is 7.12. The summed E-state index contributed by atoms with van der Waals surface area (Å²) >= 11 is 1.31. The SMILES string of the molecule is CCN(CC)S(=O)(=O)c1cc(NC(=O)c2sc3nc(C)nc(C)c3c2C)ccc1C. The van der Waals surface area contributed by atoms with Gasteiger partial charge in [0.2, 0.25) is 10.0 Å². The van der Waals surface area contributed by atoms with Crippen LogP contribution in [0.5, 0.6) is 0 Å². The molecular weight excluding hydrogens is 420 g/mol. The van der Waals surface area contributed by atoms with Crippen LogP contribution in [0.15, 0.2) is 23.1 Å². The summed E-state index contributed by atoms with van der Waals surface area (Å²) in [6, 6.07) is 4.95. The van der Waals surface area contributed by atoms with Crippen LogP contribution in [0.4, 0.5) is 5.69 Å². The van der Waals surface area contributed by atoms with Crippen molar-refractivity contribution >= 4 is 43.2 Å². The summed E-state index contributed by atoms with van der Waals surface area (Å²) < 4.78 is 27.3.